The highest BCUT2D eigenvalue weighted by atomic mass is 16.2. The van der Waals surface area contributed by atoms with Gasteiger partial charge in [0.15, 0.2) is 0 Å². The van der Waals surface area contributed by atoms with Crippen LogP contribution in [0.5, 0.6) is 0 Å². The number of likely N-dealkylation sites (tertiary alicyclic amines) is 1. The standard InChI is InChI=1S/C24H30N6O2/c1-16-14-25-10-9-19(16)20-15-26-28-23(20)21-7-4-5-11-30(21)22(31)8-6-12-29-18(3)13-17(2)27-24(29)32/h9-10,13-15,21H,4-8,11-12H2,1-3H3,(H,26,28)/t21-/m0/s1. The van der Waals surface area contributed by atoms with Gasteiger partial charge in [-0.05, 0) is 69.7 Å². The Bertz CT molecular complexity index is 1170. The summed E-state index contributed by atoms with van der Waals surface area (Å²) in [4.78, 5) is 35.6. The molecular weight excluding hydrogens is 404 g/mol. The SMILES string of the molecule is Cc1cc(C)n(CCCC(=O)N2CCCC[C@H]2c2[nH]ncc2-c2ccncc2C)c(=O)n1. The zero-order chi connectivity index (χ0) is 22.7. The molecule has 0 unspecified atom stereocenters. The summed E-state index contributed by atoms with van der Waals surface area (Å²) in [5.41, 5.74) is 5.53. The number of H-pyrrole nitrogens is 1. The second-order valence-electron chi connectivity index (χ2n) is 8.56. The van der Waals surface area contributed by atoms with E-state index in [2.05, 4.69) is 20.2 Å². The lowest BCUT2D eigenvalue weighted by atomic mass is 9.93. The van der Waals surface area contributed by atoms with E-state index in [0.717, 1.165) is 59.6 Å². The van der Waals surface area contributed by atoms with E-state index in [9.17, 15) is 9.59 Å². The molecule has 1 aliphatic heterocycles. The molecule has 0 radical (unpaired) electrons. The fourth-order valence-corrected chi connectivity index (χ4v) is 4.65. The van der Waals surface area contributed by atoms with Crippen LogP contribution in [-0.4, -0.2) is 42.1 Å². The summed E-state index contributed by atoms with van der Waals surface area (Å²) in [7, 11) is 0. The lowest BCUT2D eigenvalue weighted by molar-refractivity contribution is -0.135. The Morgan fingerprint density at radius 3 is 2.81 bits per heavy atom. The number of rotatable bonds is 6. The maximum absolute atomic E-state index is 13.2. The highest BCUT2D eigenvalue weighted by Gasteiger charge is 2.31. The fraction of sp³-hybridized carbons (Fsp3) is 0.458. The van der Waals surface area contributed by atoms with Crippen molar-refractivity contribution in [3.8, 4) is 11.1 Å². The Kier molecular flexibility index (Phi) is 6.48. The van der Waals surface area contributed by atoms with Gasteiger partial charge in [0, 0.05) is 48.9 Å². The van der Waals surface area contributed by atoms with Gasteiger partial charge in [-0.3, -0.25) is 19.4 Å². The Morgan fingerprint density at radius 1 is 1.19 bits per heavy atom. The molecule has 1 fully saturated rings. The van der Waals surface area contributed by atoms with Crippen molar-refractivity contribution in [2.24, 2.45) is 0 Å². The van der Waals surface area contributed by atoms with Gasteiger partial charge in [0.25, 0.3) is 0 Å². The van der Waals surface area contributed by atoms with Crippen molar-refractivity contribution >= 4 is 5.91 Å². The molecule has 168 valence electrons. The number of hydrogen-bond donors (Lipinski definition) is 1. The van der Waals surface area contributed by atoms with Crippen LogP contribution in [0.2, 0.25) is 0 Å². The Labute approximate surface area is 187 Å². The Morgan fingerprint density at radius 2 is 2.03 bits per heavy atom. The summed E-state index contributed by atoms with van der Waals surface area (Å²) in [6.45, 7) is 6.98. The number of carbonyl (C=O) groups is 1. The maximum atomic E-state index is 13.2. The third kappa shape index (κ3) is 4.49. The molecule has 0 bridgehead atoms. The van der Waals surface area contributed by atoms with E-state index in [1.54, 1.807) is 10.8 Å². The number of hydrogen-bond acceptors (Lipinski definition) is 5. The van der Waals surface area contributed by atoms with Crippen LogP contribution in [0.25, 0.3) is 11.1 Å². The highest BCUT2D eigenvalue weighted by molar-refractivity contribution is 5.77. The number of pyridine rings is 1. The summed E-state index contributed by atoms with van der Waals surface area (Å²) < 4.78 is 1.65. The van der Waals surface area contributed by atoms with Crippen molar-refractivity contribution in [1.82, 2.24) is 29.6 Å². The minimum Gasteiger partial charge on any atom is -0.334 e. The largest absolute Gasteiger partial charge is 0.347 e. The Balaban J connectivity index is 1.49. The molecule has 1 atom stereocenters. The molecular formula is C24H30N6O2. The zero-order valence-corrected chi connectivity index (χ0v) is 19.0. The molecule has 1 aliphatic rings. The number of carbonyl (C=O) groups excluding carboxylic acids is 1. The average Bonchev–Trinajstić information content (AvgIpc) is 3.25. The smallest absolute Gasteiger partial charge is 0.334 e. The van der Waals surface area contributed by atoms with Crippen molar-refractivity contribution < 1.29 is 4.79 Å². The van der Waals surface area contributed by atoms with E-state index in [1.165, 1.54) is 0 Å². The number of nitrogens with one attached hydrogen (secondary N) is 1. The second-order valence-corrected chi connectivity index (χ2v) is 8.56. The van der Waals surface area contributed by atoms with E-state index in [1.807, 2.05) is 50.2 Å². The van der Waals surface area contributed by atoms with Crippen LogP contribution in [0.4, 0.5) is 0 Å². The summed E-state index contributed by atoms with van der Waals surface area (Å²) in [5.74, 6) is 0.118. The third-order valence-corrected chi connectivity index (χ3v) is 6.25. The van der Waals surface area contributed by atoms with E-state index in [4.69, 9.17) is 0 Å². The molecule has 8 nitrogen and oxygen atoms in total. The molecule has 1 saturated heterocycles. The number of aryl methyl sites for hydroxylation is 3. The van der Waals surface area contributed by atoms with E-state index < -0.39 is 0 Å². The third-order valence-electron chi connectivity index (χ3n) is 6.25. The first-order chi connectivity index (χ1) is 15.5. The molecule has 4 heterocycles. The van der Waals surface area contributed by atoms with Crippen LogP contribution in [0.15, 0.2) is 35.5 Å². The van der Waals surface area contributed by atoms with Crippen molar-refractivity contribution in [3.05, 3.63) is 63.9 Å². The maximum Gasteiger partial charge on any atom is 0.347 e. The van der Waals surface area contributed by atoms with Gasteiger partial charge in [-0.15, -0.1) is 0 Å². The molecule has 1 N–H and O–H groups in total. The second kappa shape index (κ2) is 9.46. The summed E-state index contributed by atoms with van der Waals surface area (Å²) in [6.07, 6.45) is 9.46. The van der Waals surface area contributed by atoms with Crippen LogP contribution in [0.1, 0.15) is 60.8 Å². The first-order valence-corrected chi connectivity index (χ1v) is 11.2. The van der Waals surface area contributed by atoms with Gasteiger partial charge in [-0.25, -0.2) is 4.79 Å². The quantitative estimate of drug-likeness (QED) is 0.641. The predicted octanol–water partition coefficient (Wildman–Crippen LogP) is 3.49. The number of aromatic nitrogens is 5. The molecule has 3 aromatic heterocycles. The van der Waals surface area contributed by atoms with Gasteiger partial charge in [0.2, 0.25) is 5.91 Å². The molecule has 4 rings (SSSR count). The first-order valence-electron chi connectivity index (χ1n) is 11.2. The van der Waals surface area contributed by atoms with Crippen molar-refractivity contribution in [1.29, 1.82) is 0 Å². The van der Waals surface area contributed by atoms with Crippen molar-refractivity contribution in [2.75, 3.05) is 6.54 Å². The number of nitrogens with zero attached hydrogens (tertiary/aromatic N) is 5. The van der Waals surface area contributed by atoms with Gasteiger partial charge in [-0.1, -0.05) is 0 Å². The van der Waals surface area contributed by atoms with Crippen LogP contribution in [0.3, 0.4) is 0 Å². The molecule has 1 amide bonds. The minimum atomic E-state index is -0.249. The minimum absolute atomic E-state index is 0.0215. The molecule has 3 aromatic rings. The van der Waals surface area contributed by atoms with E-state index >= 15 is 0 Å². The number of amides is 1. The first kappa shape index (κ1) is 21.9. The fourth-order valence-electron chi connectivity index (χ4n) is 4.65. The molecule has 0 aliphatic carbocycles. The normalized spacial score (nSPS) is 16.3. The van der Waals surface area contributed by atoms with Crippen molar-refractivity contribution in [2.45, 2.75) is 65.5 Å². The molecule has 0 aromatic carbocycles. The van der Waals surface area contributed by atoms with Gasteiger partial charge in [0.1, 0.15) is 0 Å². The summed E-state index contributed by atoms with van der Waals surface area (Å²) in [5, 5.41) is 7.48. The van der Waals surface area contributed by atoms with Crippen LogP contribution in [0, 0.1) is 20.8 Å². The number of aromatic amines is 1. The molecule has 0 spiro atoms. The highest BCUT2D eigenvalue weighted by Crippen LogP contribution is 2.36. The van der Waals surface area contributed by atoms with Gasteiger partial charge < -0.3 is 4.90 Å². The van der Waals surface area contributed by atoms with Gasteiger partial charge >= 0.3 is 5.69 Å². The number of piperidine rings is 1. The lowest BCUT2D eigenvalue weighted by Crippen LogP contribution is -2.39. The van der Waals surface area contributed by atoms with Gasteiger partial charge in [0.05, 0.1) is 17.9 Å². The predicted molar refractivity (Wildman–Crippen MR) is 122 cm³/mol. The van der Waals surface area contributed by atoms with Gasteiger partial charge in [-0.2, -0.15) is 10.1 Å². The van der Waals surface area contributed by atoms with Crippen molar-refractivity contribution in [3.63, 3.8) is 0 Å². The Hall–Kier alpha value is -3.29. The summed E-state index contributed by atoms with van der Waals surface area (Å²) >= 11 is 0. The van der Waals surface area contributed by atoms with E-state index in [-0.39, 0.29) is 17.6 Å². The lowest BCUT2D eigenvalue weighted by Gasteiger charge is -2.36. The topological polar surface area (TPSA) is 96.8 Å². The monoisotopic (exact) mass is 434 g/mol. The molecule has 8 heteroatoms. The zero-order valence-electron chi connectivity index (χ0n) is 19.0. The van der Waals surface area contributed by atoms with Crippen LogP contribution >= 0.6 is 0 Å². The molecule has 32 heavy (non-hydrogen) atoms. The average molecular weight is 435 g/mol. The molecule has 0 saturated carbocycles. The van der Waals surface area contributed by atoms with Crippen LogP contribution < -0.4 is 5.69 Å². The summed E-state index contributed by atoms with van der Waals surface area (Å²) in [6, 6.07) is 3.87. The van der Waals surface area contributed by atoms with Crippen LogP contribution in [-0.2, 0) is 11.3 Å². The van der Waals surface area contributed by atoms with E-state index in [0.29, 0.717) is 19.4 Å².